The van der Waals surface area contributed by atoms with E-state index in [0.717, 1.165) is 25.9 Å². The smallest absolute Gasteiger partial charge is 0.321 e. The Hall–Kier alpha value is -2.22. The first-order valence-corrected chi connectivity index (χ1v) is 5.56. The van der Waals surface area contributed by atoms with Gasteiger partial charge in [0, 0.05) is 13.1 Å². The Balaban J connectivity index is 2.08. The van der Waals surface area contributed by atoms with Crippen molar-refractivity contribution >= 4 is 17.4 Å². The second-order valence-corrected chi connectivity index (χ2v) is 4.04. The molecule has 1 aliphatic heterocycles. The van der Waals surface area contributed by atoms with Gasteiger partial charge in [0.15, 0.2) is 0 Å². The number of nitrogen functional groups attached to an aromatic ring is 1. The minimum Gasteiger partial charge on any atom is -0.397 e. The van der Waals surface area contributed by atoms with E-state index >= 15 is 0 Å². The normalized spacial score (nSPS) is 14.4. The van der Waals surface area contributed by atoms with E-state index in [4.69, 9.17) is 11.0 Å². The number of benzene rings is 1. The first kappa shape index (κ1) is 11.3. The summed E-state index contributed by atoms with van der Waals surface area (Å²) in [7, 11) is 0. The van der Waals surface area contributed by atoms with Gasteiger partial charge in [-0.25, -0.2) is 4.79 Å². The van der Waals surface area contributed by atoms with Crippen LogP contribution in [0.2, 0.25) is 0 Å². The van der Waals surface area contributed by atoms with Crippen LogP contribution in [-0.4, -0.2) is 24.0 Å². The molecule has 1 fully saturated rings. The van der Waals surface area contributed by atoms with E-state index in [0.29, 0.717) is 16.9 Å². The van der Waals surface area contributed by atoms with Crippen molar-refractivity contribution < 1.29 is 4.79 Å². The van der Waals surface area contributed by atoms with Crippen molar-refractivity contribution in [1.82, 2.24) is 4.90 Å². The van der Waals surface area contributed by atoms with Crippen LogP contribution in [0.5, 0.6) is 0 Å². The van der Waals surface area contributed by atoms with E-state index in [1.807, 2.05) is 6.07 Å². The van der Waals surface area contributed by atoms with Crippen molar-refractivity contribution in [1.29, 1.82) is 5.26 Å². The average Bonchev–Trinajstić information content (AvgIpc) is 2.85. The monoisotopic (exact) mass is 230 g/mol. The summed E-state index contributed by atoms with van der Waals surface area (Å²) < 4.78 is 0. The highest BCUT2D eigenvalue weighted by atomic mass is 16.2. The Morgan fingerprint density at radius 3 is 2.71 bits per heavy atom. The van der Waals surface area contributed by atoms with Crippen LogP contribution in [0.4, 0.5) is 16.2 Å². The van der Waals surface area contributed by atoms with Crippen LogP contribution in [0.25, 0.3) is 0 Å². The summed E-state index contributed by atoms with van der Waals surface area (Å²) in [4.78, 5) is 13.6. The quantitative estimate of drug-likeness (QED) is 0.721. The number of nitrogens with two attached hydrogens (primary N) is 1. The van der Waals surface area contributed by atoms with Gasteiger partial charge in [0.2, 0.25) is 0 Å². The maximum Gasteiger partial charge on any atom is 0.321 e. The van der Waals surface area contributed by atoms with Crippen molar-refractivity contribution in [2.75, 3.05) is 24.1 Å². The predicted molar refractivity (Wildman–Crippen MR) is 65.4 cm³/mol. The molecule has 88 valence electrons. The number of hydrogen-bond donors (Lipinski definition) is 2. The van der Waals surface area contributed by atoms with Crippen molar-refractivity contribution in [3.63, 3.8) is 0 Å². The summed E-state index contributed by atoms with van der Waals surface area (Å²) in [6, 6.07) is 6.72. The topological polar surface area (TPSA) is 82.2 Å². The summed E-state index contributed by atoms with van der Waals surface area (Å²) in [6.07, 6.45) is 2.10. The van der Waals surface area contributed by atoms with Gasteiger partial charge >= 0.3 is 6.03 Å². The lowest BCUT2D eigenvalue weighted by atomic mass is 10.2. The zero-order chi connectivity index (χ0) is 12.3. The zero-order valence-electron chi connectivity index (χ0n) is 9.44. The Kier molecular flexibility index (Phi) is 3.15. The first-order chi connectivity index (χ1) is 8.20. The van der Waals surface area contributed by atoms with E-state index in [9.17, 15) is 4.79 Å². The van der Waals surface area contributed by atoms with Crippen LogP contribution in [0.3, 0.4) is 0 Å². The molecule has 1 heterocycles. The van der Waals surface area contributed by atoms with E-state index in [-0.39, 0.29) is 6.03 Å². The van der Waals surface area contributed by atoms with Gasteiger partial charge in [0.05, 0.1) is 23.0 Å². The summed E-state index contributed by atoms with van der Waals surface area (Å²) in [5, 5.41) is 11.5. The first-order valence-electron chi connectivity index (χ1n) is 5.56. The lowest BCUT2D eigenvalue weighted by Gasteiger charge is -2.17. The Bertz CT molecular complexity index is 472. The van der Waals surface area contributed by atoms with Gasteiger partial charge in [0.1, 0.15) is 0 Å². The molecule has 0 atom stereocenters. The van der Waals surface area contributed by atoms with E-state index in [2.05, 4.69) is 5.32 Å². The van der Waals surface area contributed by atoms with Gasteiger partial charge < -0.3 is 16.0 Å². The number of likely N-dealkylation sites (tertiary alicyclic amines) is 1. The summed E-state index contributed by atoms with van der Waals surface area (Å²) in [6.45, 7) is 1.59. The van der Waals surface area contributed by atoms with Crippen LogP contribution in [-0.2, 0) is 0 Å². The Morgan fingerprint density at radius 1 is 1.41 bits per heavy atom. The molecule has 1 aromatic rings. The molecular formula is C12H14N4O. The molecule has 1 aromatic carbocycles. The molecule has 2 amide bonds. The fourth-order valence-corrected chi connectivity index (χ4v) is 1.86. The third-order valence-electron chi connectivity index (χ3n) is 2.82. The number of nitrogens with zero attached hydrogens (tertiary/aromatic N) is 2. The second kappa shape index (κ2) is 4.74. The molecule has 0 aliphatic carbocycles. The van der Waals surface area contributed by atoms with Crippen LogP contribution >= 0.6 is 0 Å². The van der Waals surface area contributed by atoms with Gasteiger partial charge in [-0.15, -0.1) is 0 Å². The van der Waals surface area contributed by atoms with Gasteiger partial charge in [0.25, 0.3) is 0 Å². The van der Waals surface area contributed by atoms with Gasteiger partial charge in [-0.05, 0) is 31.0 Å². The number of hydrogen-bond acceptors (Lipinski definition) is 3. The molecule has 1 aliphatic rings. The molecule has 0 radical (unpaired) electrons. The number of amides is 2. The molecule has 0 bridgehead atoms. The molecule has 0 unspecified atom stereocenters. The van der Waals surface area contributed by atoms with Crippen molar-refractivity contribution in [3.05, 3.63) is 23.8 Å². The van der Waals surface area contributed by atoms with E-state index in [1.54, 1.807) is 23.1 Å². The van der Waals surface area contributed by atoms with Crippen LogP contribution in [0.1, 0.15) is 18.4 Å². The highest BCUT2D eigenvalue weighted by Crippen LogP contribution is 2.20. The number of anilines is 2. The van der Waals surface area contributed by atoms with Crippen molar-refractivity contribution in [2.45, 2.75) is 12.8 Å². The van der Waals surface area contributed by atoms with Crippen LogP contribution in [0.15, 0.2) is 18.2 Å². The fraction of sp³-hybridized carbons (Fsp3) is 0.333. The molecule has 0 spiro atoms. The predicted octanol–water partition coefficient (Wildman–Crippen LogP) is 1.77. The number of carbonyl (C=O) groups is 1. The number of rotatable bonds is 1. The fourth-order valence-electron chi connectivity index (χ4n) is 1.86. The van der Waals surface area contributed by atoms with Crippen LogP contribution < -0.4 is 11.1 Å². The number of nitrogens with one attached hydrogen (secondary N) is 1. The molecule has 3 N–H and O–H groups in total. The zero-order valence-corrected chi connectivity index (χ0v) is 9.44. The van der Waals surface area contributed by atoms with E-state index in [1.165, 1.54) is 0 Å². The second-order valence-electron chi connectivity index (χ2n) is 4.04. The largest absolute Gasteiger partial charge is 0.397 e. The maximum absolute atomic E-state index is 11.8. The lowest BCUT2D eigenvalue weighted by molar-refractivity contribution is 0.222. The maximum atomic E-state index is 11.8. The third kappa shape index (κ3) is 2.48. The Labute approximate surface area is 99.8 Å². The summed E-state index contributed by atoms with van der Waals surface area (Å²) in [5.74, 6) is 0. The summed E-state index contributed by atoms with van der Waals surface area (Å²) >= 11 is 0. The number of urea groups is 1. The van der Waals surface area contributed by atoms with Crippen LogP contribution in [0, 0.1) is 11.3 Å². The summed E-state index contributed by atoms with van der Waals surface area (Å²) in [5.41, 5.74) is 7.22. The van der Waals surface area contributed by atoms with Crippen molar-refractivity contribution in [3.8, 4) is 6.07 Å². The molecule has 1 saturated heterocycles. The van der Waals surface area contributed by atoms with E-state index < -0.39 is 0 Å². The standard InChI is InChI=1S/C12H14N4O/c13-8-9-3-4-11(10(14)7-9)15-12(17)16-5-1-2-6-16/h3-4,7H,1-2,5-6,14H2,(H,15,17). The Morgan fingerprint density at radius 2 is 2.12 bits per heavy atom. The molecule has 2 rings (SSSR count). The third-order valence-corrected chi connectivity index (χ3v) is 2.82. The molecular weight excluding hydrogens is 216 g/mol. The average molecular weight is 230 g/mol. The number of nitriles is 1. The molecule has 17 heavy (non-hydrogen) atoms. The molecule has 0 saturated carbocycles. The molecule has 5 nitrogen and oxygen atoms in total. The number of carbonyl (C=O) groups excluding carboxylic acids is 1. The minimum atomic E-state index is -0.126. The van der Waals surface area contributed by atoms with Crippen molar-refractivity contribution in [2.24, 2.45) is 0 Å². The van der Waals surface area contributed by atoms with Gasteiger partial charge in [-0.2, -0.15) is 5.26 Å². The highest BCUT2D eigenvalue weighted by molar-refractivity contribution is 5.92. The van der Waals surface area contributed by atoms with Gasteiger partial charge in [-0.3, -0.25) is 0 Å². The van der Waals surface area contributed by atoms with Gasteiger partial charge in [-0.1, -0.05) is 0 Å². The lowest BCUT2D eigenvalue weighted by Crippen LogP contribution is -2.32. The molecule has 0 aromatic heterocycles. The highest BCUT2D eigenvalue weighted by Gasteiger charge is 2.18. The SMILES string of the molecule is N#Cc1ccc(NC(=O)N2CCCC2)c(N)c1. The minimum absolute atomic E-state index is 0.126. The molecule has 5 heteroatoms.